The topological polar surface area (TPSA) is 78.9 Å². The summed E-state index contributed by atoms with van der Waals surface area (Å²) in [5.74, 6) is 0.409. The molecule has 168 valence electrons. The largest absolute Gasteiger partial charge is 0.483 e. The minimum Gasteiger partial charge on any atom is -0.483 e. The van der Waals surface area contributed by atoms with E-state index in [-0.39, 0.29) is 17.4 Å². The van der Waals surface area contributed by atoms with Gasteiger partial charge in [-0.25, -0.2) is 13.1 Å². The number of ether oxygens (including phenoxy) is 1. The van der Waals surface area contributed by atoms with Crippen molar-refractivity contribution in [2.24, 2.45) is 0 Å². The van der Waals surface area contributed by atoms with Gasteiger partial charge in [0.1, 0.15) is 5.75 Å². The van der Waals surface area contributed by atoms with E-state index in [1.165, 1.54) is 6.07 Å². The molecule has 0 saturated carbocycles. The lowest BCUT2D eigenvalue weighted by molar-refractivity contribution is -0.133. The number of rotatable bonds is 8. The molecule has 1 aliphatic heterocycles. The molecule has 1 fully saturated rings. The molecule has 0 aliphatic carbocycles. The zero-order chi connectivity index (χ0) is 22.4. The van der Waals surface area contributed by atoms with Crippen LogP contribution in [0.4, 0.5) is 5.69 Å². The number of benzene rings is 2. The van der Waals surface area contributed by atoms with Crippen molar-refractivity contribution in [1.29, 1.82) is 0 Å². The summed E-state index contributed by atoms with van der Waals surface area (Å²) in [6.07, 6.45) is 0.717. The minimum atomic E-state index is -3.53. The molecule has 0 unspecified atom stereocenters. The van der Waals surface area contributed by atoms with Crippen molar-refractivity contribution in [2.75, 3.05) is 44.2 Å². The van der Waals surface area contributed by atoms with Gasteiger partial charge in [0, 0.05) is 43.4 Å². The van der Waals surface area contributed by atoms with E-state index in [2.05, 4.69) is 9.62 Å². The van der Waals surface area contributed by atoms with Gasteiger partial charge in [-0.15, -0.1) is 0 Å². The van der Waals surface area contributed by atoms with Crippen LogP contribution in [0.2, 0.25) is 5.02 Å². The summed E-state index contributed by atoms with van der Waals surface area (Å²) in [7, 11) is -3.53. The Morgan fingerprint density at radius 3 is 2.52 bits per heavy atom. The summed E-state index contributed by atoms with van der Waals surface area (Å²) in [6.45, 7) is 6.63. The number of piperazine rings is 1. The van der Waals surface area contributed by atoms with E-state index in [4.69, 9.17) is 16.3 Å². The van der Waals surface area contributed by atoms with Crippen molar-refractivity contribution in [2.45, 2.75) is 25.2 Å². The lowest BCUT2D eigenvalue weighted by Gasteiger charge is -2.36. The van der Waals surface area contributed by atoms with Crippen LogP contribution in [0.1, 0.15) is 18.9 Å². The van der Waals surface area contributed by atoms with E-state index in [9.17, 15) is 13.2 Å². The highest BCUT2D eigenvalue weighted by atomic mass is 35.5. The lowest BCUT2D eigenvalue weighted by atomic mass is 10.2. The minimum absolute atomic E-state index is 0.0851. The number of hydrogen-bond donors (Lipinski definition) is 1. The monoisotopic (exact) mass is 465 g/mol. The SMILES string of the molecule is CCCNS(=O)(=O)c1ccc(OCC(=O)N2CCN(c3cccc(Cl)c3)CC2)c(C)c1. The molecule has 1 saturated heterocycles. The molecular formula is C22H28ClN3O4S. The molecular weight excluding hydrogens is 438 g/mol. The van der Waals surface area contributed by atoms with Crippen LogP contribution in [0.3, 0.4) is 0 Å². The highest BCUT2D eigenvalue weighted by Crippen LogP contribution is 2.23. The maximum Gasteiger partial charge on any atom is 0.260 e. The van der Waals surface area contributed by atoms with Crippen molar-refractivity contribution >= 4 is 33.2 Å². The molecule has 2 aromatic rings. The van der Waals surface area contributed by atoms with Gasteiger partial charge in [0.15, 0.2) is 6.61 Å². The summed E-state index contributed by atoms with van der Waals surface area (Å²) >= 11 is 6.07. The normalized spacial score (nSPS) is 14.5. The zero-order valence-corrected chi connectivity index (χ0v) is 19.4. The number of halogens is 1. The highest BCUT2D eigenvalue weighted by Gasteiger charge is 2.22. The van der Waals surface area contributed by atoms with Gasteiger partial charge < -0.3 is 14.5 Å². The number of nitrogens with zero attached hydrogens (tertiary/aromatic N) is 2. The number of nitrogens with one attached hydrogen (secondary N) is 1. The molecule has 1 aliphatic rings. The summed E-state index contributed by atoms with van der Waals surface area (Å²) in [5, 5.41) is 0.694. The quantitative estimate of drug-likeness (QED) is 0.648. The Hall–Kier alpha value is -2.29. The van der Waals surface area contributed by atoms with Crippen LogP contribution < -0.4 is 14.4 Å². The van der Waals surface area contributed by atoms with Gasteiger partial charge in [0.05, 0.1) is 4.90 Å². The maximum absolute atomic E-state index is 12.6. The fourth-order valence-electron chi connectivity index (χ4n) is 3.39. The van der Waals surface area contributed by atoms with Crippen molar-refractivity contribution in [1.82, 2.24) is 9.62 Å². The standard InChI is InChI=1S/C22H28ClN3O4S/c1-3-9-24-31(28,29)20-7-8-21(17(2)14-20)30-16-22(27)26-12-10-25(11-13-26)19-6-4-5-18(23)15-19/h4-8,14-15,24H,3,9-13,16H2,1-2H3. The molecule has 0 bridgehead atoms. The van der Waals surface area contributed by atoms with E-state index < -0.39 is 10.0 Å². The van der Waals surface area contributed by atoms with Crippen LogP contribution in [0.25, 0.3) is 0 Å². The number of sulfonamides is 1. The molecule has 9 heteroatoms. The third-order valence-corrected chi connectivity index (χ3v) is 6.85. The van der Waals surface area contributed by atoms with Crippen molar-refractivity contribution in [3.8, 4) is 5.75 Å². The van der Waals surface area contributed by atoms with Crippen molar-refractivity contribution < 1.29 is 17.9 Å². The second-order valence-corrected chi connectivity index (χ2v) is 9.66. The first-order chi connectivity index (χ1) is 14.8. The smallest absolute Gasteiger partial charge is 0.260 e. The predicted molar refractivity (Wildman–Crippen MR) is 122 cm³/mol. The summed E-state index contributed by atoms with van der Waals surface area (Å²) in [6, 6.07) is 12.3. The Kier molecular flexibility index (Phi) is 7.80. The summed E-state index contributed by atoms with van der Waals surface area (Å²) in [5.41, 5.74) is 1.72. The Morgan fingerprint density at radius 1 is 1.13 bits per heavy atom. The van der Waals surface area contributed by atoms with Crippen LogP contribution in [-0.2, 0) is 14.8 Å². The number of amides is 1. The first-order valence-electron chi connectivity index (χ1n) is 10.3. The van der Waals surface area contributed by atoms with Gasteiger partial charge in [-0.1, -0.05) is 24.6 Å². The molecule has 3 rings (SSSR count). The van der Waals surface area contributed by atoms with Crippen LogP contribution >= 0.6 is 11.6 Å². The molecule has 31 heavy (non-hydrogen) atoms. The van der Waals surface area contributed by atoms with Gasteiger partial charge in [-0.05, 0) is 55.3 Å². The van der Waals surface area contributed by atoms with E-state index in [0.29, 0.717) is 36.0 Å². The second kappa shape index (κ2) is 10.3. The lowest BCUT2D eigenvalue weighted by Crippen LogP contribution is -2.50. The molecule has 1 heterocycles. The van der Waals surface area contributed by atoms with E-state index in [1.54, 1.807) is 24.0 Å². The molecule has 2 aromatic carbocycles. The molecule has 1 amide bonds. The number of hydrogen-bond acceptors (Lipinski definition) is 5. The first kappa shape index (κ1) is 23.4. The van der Waals surface area contributed by atoms with E-state index in [1.807, 2.05) is 31.2 Å². The number of carbonyl (C=O) groups is 1. The van der Waals surface area contributed by atoms with Gasteiger partial charge in [0.25, 0.3) is 5.91 Å². The molecule has 1 N–H and O–H groups in total. The first-order valence-corrected chi connectivity index (χ1v) is 12.2. The van der Waals surface area contributed by atoms with Crippen LogP contribution in [0.5, 0.6) is 5.75 Å². The number of anilines is 1. The third kappa shape index (κ3) is 6.12. The van der Waals surface area contributed by atoms with Crippen molar-refractivity contribution in [3.05, 3.63) is 53.1 Å². The molecule has 7 nitrogen and oxygen atoms in total. The number of aryl methyl sites for hydroxylation is 1. The average molecular weight is 466 g/mol. The Labute approximate surface area is 189 Å². The van der Waals surface area contributed by atoms with Gasteiger partial charge in [-0.2, -0.15) is 0 Å². The van der Waals surface area contributed by atoms with E-state index in [0.717, 1.165) is 25.2 Å². The molecule has 0 radical (unpaired) electrons. The Bertz CT molecular complexity index is 1020. The molecule has 0 spiro atoms. The van der Waals surface area contributed by atoms with Gasteiger partial charge in [-0.3, -0.25) is 4.79 Å². The molecule has 0 aromatic heterocycles. The fourth-order valence-corrected chi connectivity index (χ4v) is 4.79. The highest BCUT2D eigenvalue weighted by molar-refractivity contribution is 7.89. The predicted octanol–water partition coefficient (Wildman–Crippen LogP) is 3.06. The Morgan fingerprint density at radius 2 is 1.87 bits per heavy atom. The van der Waals surface area contributed by atoms with Gasteiger partial charge in [0.2, 0.25) is 10.0 Å². The zero-order valence-electron chi connectivity index (χ0n) is 17.8. The average Bonchev–Trinajstić information content (AvgIpc) is 2.76. The van der Waals surface area contributed by atoms with Crippen LogP contribution in [0, 0.1) is 6.92 Å². The third-order valence-electron chi connectivity index (χ3n) is 5.16. The van der Waals surface area contributed by atoms with Crippen molar-refractivity contribution in [3.63, 3.8) is 0 Å². The Balaban J connectivity index is 1.53. The summed E-state index contributed by atoms with van der Waals surface area (Å²) in [4.78, 5) is 16.8. The summed E-state index contributed by atoms with van der Waals surface area (Å²) < 4.78 is 32.7. The number of carbonyl (C=O) groups excluding carboxylic acids is 1. The maximum atomic E-state index is 12.6. The fraction of sp³-hybridized carbons (Fsp3) is 0.409. The van der Waals surface area contributed by atoms with Gasteiger partial charge >= 0.3 is 0 Å². The van der Waals surface area contributed by atoms with E-state index >= 15 is 0 Å². The molecule has 0 atom stereocenters. The van der Waals surface area contributed by atoms with Crippen LogP contribution in [-0.4, -0.2) is 58.6 Å². The van der Waals surface area contributed by atoms with Crippen LogP contribution in [0.15, 0.2) is 47.4 Å². The second-order valence-electron chi connectivity index (χ2n) is 7.46.